The number of carbonyl (C=O) groups is 2. The fraction of sp³-hybridized carbons (Fsp3) is 0.333. The van der Waals surface area contributed by atoms with Gasteiger partial charge in [-0.1, -0.05) is 29.8 Å². The van der Waals surface area contributed by atoms with Gasteiger partial charge < -0.3 is 10.1 Å². The number of thiophene rings is 1. The zero-order chi connectivity index (χ0) is 19.4. The van der Waals surface area contributed by atoms with Crippen LogP contribution in [-0.4, -0.2) is 18.0 Å². The minimum absolute atomic E-state index is 0.208. The monoisotopic (exact) mass is 403 g/mol. The van der Waals surface area contributed by atoms with Crippen molar-refractivity contribution in [3.63, 3.8) is 0 Å². The molecule has 0 bridgehead atoms. The van der Waals surface area contributed by atoms with E-state index in [1.807, 2.05) is 32.0 Å². The van der Waals surface area contributed by atoms with Crippen molar-refractivity contribution in [3.8, 4) is 0 Å². The number of aryl methyl sites for hydroxylation is 1. The first-order valence-corrected chi connectivity index (χ1v) is 10.2. The van der Waals surface area contributed by atoms with Crippen LogP contribution in [-0.2, 0) is 22.4 Å². The lowest BCUT2D eigenvalue weighted by Gasteiger charge is -2.14. The Labute approximate surface area is 168 Å². The molecule has 3 rings (SSSR count). The Morgan fingerprint density at radius 2 is 1.96 bits per heavy atom. The van der Waals surface area contributed by atoms with Gasteiger partial charge in [-0.25, -0.2) is 4.79 Å². The molecule has 0 spiro atoms. The van der Waals surface area contributed by atoms with Crippen LogP contribution in [0.15, 0.2) is 30.3 Å². The van der Waals surface area contributed by atoms with E-state index < -0.39 is 0 Å². The number of anilines is 1. The van der Waals surface area contributed by atoms with Crippen molar-refractivity contribution < 1.29 is 14.3 Å². The van der Waals surface area contributed by atoms with Gasteiger partial charge >= 0.3 is 5.97 Å². The first kappa shape index (κ1) is 19.6. The highest BCUT2D eigenvalue weighted by atomic mass is 35.5. The molecule has 1 aromatic carbocycles. The molecule has 4 nitrogen and oxygen atoms in total. The second-order valence-corrected chi connectivity index (χ2v) is 8.23. The van der Waals surface area contributed by atoms with Crippen molar-refractivity contribution in [2.45, 2.75) is 45.6 Å². The molecule has 0 radical (unpaired) electrons. The largest absolute Gasteiger partial charge is 0.459 e. The SMILES string of the molecule is CC(C)OC(=O)c1c(NC(=O)C=Cc2ccccc2Cl)sc2c1CCCC2. The van der Waals surface area contributed by atoms with E-state index in [-0.39, 0.29) is 18.0 Å². The predicted molar refractivity (Wildman–Crippen MR) is 111 cm³/mol. The fourth-order valence-corrected chi connectivity index (χ4v) is 4.55. The molecule has 1 amide bonds. The van der Waals surface area contributed by atoms with Crippen molar-refractivity contribution in [1.82, 2.24) is 0 Å². The normalized spacial score (nSPS) is 13.6. The van der Waals surface area contributed by atoms with Crippen LogP contribution in [0.3, 0.4) is 0 Å². The minimum Gasteiger partial charge on any atom is -0.459 e. The number of esters is 1. The summed E-state index contributed by atoms with van der Waals surface area (Å²) in [7, 11) is 0. The average Bonchev–Trinajstić information content (AvgIpc) is 2.98. The van der Waals surface area contributed by atoms with Crippen molar-refractivity contribution in [1.29, 1.82) is 0 Å². The Kier molecular flexibility index (Phi) is 6.34. The van der Waals surface area contributed by atoms with Crippen LogP contribution < -0.4 is 5.32 Å². The number of amides is 1. The Morgan fingerprint density at radius 3 is 2.70 bits per heavy atom. The summed E-state index contributed by atoms with van der Waals surface area (Å²) in [5, 5.41) is 4.01. The van der Waals surface area contributed by atoms with Gasteiger partial charge in [0.15, 0.2) is 0 Å². The molecule has 0 unspecified atom stereocenters. The van der Waals surface area contributed by atoms with E-state index in [4.69, 9.17) is 16.3 Å². The van der Waals surface area contributed by atoms with E-state index in [1.54, 1.807) is 12.1 Å². The third-order valence-corrected chi connectivity index (χ3v) is 5.83. The Balaban J connectivity index is 1.83. The summed E-state index contributed by atoms with van der Waals surface area (Å²) < 4.78 is 5.41. The number of fused-ring (bicyclic) bond motifs is 1. The first-order chi connectivity index (χ1) is 13.0. The van der Waals surface area contributed by atoms with Gasteiger partial charge in [-0.15, -0.1) is 11.3 Å². The smallest absolute Gasteiger partial charge is 0.341 e. The number of ether oxygens (including phenoxy) is 1. The Morgan fingerprint density at radius 1 is 1.22 bits per heavy atom. The summed E-state index contributed by atoms with van der Waals surface area (Å²) in [6.45, 7) is 3.64. The van der Waals surface area contributed by atoms with E-state index in [0.717, 1.165) is 36.8 Å². The highest BCUT2D eigenvalue weighted by Crippen LogP contribution is 2.38. The van der Waals surface area contributed by atoms with Crippen LogP contribution in [0.2, 0.25) is 5.02 Å². The third kappa shape index (κ3) is 4.79. The number of nitrogens with one attached hydrogen (secondary N) is 1. The van der Waals surface area contributed by atoms with E-state index in [2.05, 4.69) is 5.32 Å². The molecule has 1 aliphatic carbocycles. The van der Waals surface area contributed by atoms with Crippen molar-refractivity contribution >= 4 is 45.9 Å². The molecule has 0 fully saturated rings. The molecule has 1 aromatic heterocycles. The number of carbonyl (C=O) groups excluding carboxylic acids is 2. The average molecular weight is 404 g/mol. The van der Waals surface area contributed by atoms with Gasteiger partial charge in [0.25, 0.3) is 0 Å². The van der Waals surface area contributed by atoms with Gasteiger partial charge in [0, 0.05) is 16.0 Å². The predicted octanol–water partition coefficient (Wildman–Crippen LogP) is 5.50. The molecule has 1 N–H and O–H groups in total. The summed E-state index contributed by atoms with van der Waals surface area (Å²) in [5.74, 6) is -0.665. The standard InChI is InChI=1S/C21H22ClNO3S/c1-13(2)26-21(25)19-15-8-4-6-10-17(15)27-20(19)23-18(24)12-11-14-7-3-5-9-16(14)22/h3,5,7,9,11-13H,4,6,8,10H2,1-2H3,(H,23,24). The van der Waals surface area contributed by atoms with E-state index in [1.165, 1.54) is 22.3 Å². The van der Waals surface area contributed by atoms with Crippen LogP contribution in [0.4, 0.5) is 5.00 Å². The highest BCUT2D eigenvalue weighted by Gasteiger charge is 2.27. The summed E-state index contributed by atoms with van der Waals surface area (Å²) in [5.41, 5.74) is 2.31. The molecular weight excluding hydrogens is 382 g/mol. The maximum atomic E-state index is 12.6. The molecule has 2 aromatic rings. The van der Waals surface area contributed by atoms with Crippen molar-refractivity contribution in [2.24, 2.45) is 0 Å². The molecule has 1 heterocycles. The highest BCUT2D eigenvalue weighted by molar-refractivity contribution is 7.17. The number of hydrogen-bond donors (Lipinski definition) is 1. The number of rotatable bonds is 5. The van der Waals surface area contributed by atoms with E-state index in [0.29, 0.717) is 15.6 Å². The van der Waals surface area contributed by atoms with Gasteiger partial charge in [-0.2, -0.15) is 0 Å². The molecule has 0 saturated carbocycles. The maximum Gasteiger partial charge on any atom is 0.341 e. The van der Waals surface area contributed by atoms with Crippen molar-refractivity contribution in [2.75, 3.05) is 5.32 Å². The molecule has 0 aliphatic heterocycles. The molecule has 142 valence electrons. The van der Waals surface area contributed by atoms with Gasteiger partial charge in [0.1, 0.15) is 5.00 Å². The molecule has 0 atom stereocenters. The molecular formula is C21H22ClNO3S. The summed E-state index contributed by atoms with van der Waals surface area (Å²) in [6.07, 6.45) is 6.82. The van der Waals surface area contributed by atoms with Crippen LogP contribution >= 0.6 is 22.9 Å². The topological polar surface area (TPSA) is 55.4 Å². The summed E-state index contributed by atoms with van der Waals surface area (Å²) in [6, 6.07) is 7.30. The van der Waals surface area contributed by atoms with Crippen molar-refractivity contribution in [3.05, 3.63) is 56.9 Å². The van der Waals surface area contributed by atoms with Gasteiger partial charge in [-0.05, 0) is 62.8 Å². The van der Waals surface area contributed by atoms with Gasteiger partial charge in [0.05, 0.1) is 11.7 Å². The lowest BCUT2D eigenvalue weighted by Crippen LogP contribution is -2.17. The first-order valence-electron chi connectivity index (χ1n) is 9.05. The van der Waals surface area contributed by atoms with E-state index in [9.17, 15) is 9.59 Å². The molecule has 1 aliphatic rings. The summed E-state index contributed by atoms with van der Waals surface area (Å²) in [4.78, 5) is 26.2. The second-order valence-electron chi connectivity index (χ2n) is 6.71. The van der Waals surface area contributed by atoms with Gasteiger partial charge in [0.2, 0.25) is 5.91 Å². The number of benzene rings is 1. The van der Waals surface area contributed by atoms with Gasteiger partial charge in [-0.3, -0.25) is 4.79 Å². The lowest BCUT2D eigenvalue weighted by atomic mass is 9.95. The van der Waals surface area contributed by atoms with Crippen LogP contribution in [0.1, 0.15) is 53.1 Å². The molecule has 0 saturated heterocycles. The number of hydrogen-bond acceptors (Lipinski definition) is 4. The maximum absolute atomic E-state index is 12.6. The van der Waals surface area contributed by atoms with Crippen LogP contribution in [0, 0.1) is 0 Å². The van der Waals surface area contributed by atoms with Crippen LogP contribution in [0.25, 0.3) is 6.08 Å². The third-order valence-electron chi connectivity index (χ3n) is 4.27. The quantitative estimate of drug-likeness (QED) is 0.530. The molecule has 6 heteroatoms. The zero-order valence-corrected chi connectivity index (χ0v) is 17.0. The Bertz CT molecular complexity index is 886. The fourth-order valence-electron chi connectivity index (χ4n) is 3.07. The lowest BCUT2D eigenvalue weighted by molar-refractivity contribution is -0.111. The molecule has 27 heavy (non-hydrogen) atoms. The zero-order valence-electron chi connectivity index (χ0n) is 15.4. The minimum atomic E-state index is -0.366. The van der Waals surface area contributed by atoms with E-state index >= 15 is 0 Å². The Hall–Kier alpha value is -2.11. The summed E-state index contributed by atoms with van der Waals surface area (Å²) >= 11 is 7.59. The number of halogens is 1. The van der Waals surface area contributed by atoms with Crippen LogP contribution in [0.5, 0.6) is 0 Å². The second kappa shape index (κ2) is 8.72.